The van der Waals surface area contributed by atoms with Crippen LogP contribution >= 0.6 is 0 Å². The van der Waals surface area contributed by atoms with E-state index in [2.05, 4.69) is 6.92 Å². The van der Waals surface area contributed by atoms with Gasteiger partial charge in [0.05, 0.1) is 6.04 Å². The Kier molecular flexibility index (Phi) is 5.55. The molecule has 3 unspecified atom stereocenters. The second kappa shape index (κ2) is 7.07. The summed E-state index contributed by atoms with van der Waals surface area (Å²) in [6.45, 7) is 9.60. The molecule has 2 amide bonds. The molecule has 6 nitrogen and oxygen atoms in total. The fourth-order valence-corrected chi connectivity index (χ4v) is 3.56. The molecule has 2 fully saturated rings. The first-order chi connectivity index (χ1) is 10.7. The Morgan fingerprint density at radius 3 is 2.43 bits per heavy atom. The molecule has 132 valence electrons. The van der Waals surface area contributed by atoms with Gasteiger partial charge in [-0.25, -0.2) is 4.79 Å². The maximum Gasteiger partial charge on any atom is 0.410 e. The number of hydrogen-bond donors (Lipinski definition) is 1. The molecule has 6 heteroatoms. The molecule has 0 spiro atoms. The average molecular weight is 325 g/mol. The van der Waals surface area contributed by atoms with Crippen molar-refractivity contribution in [3.63, 3.8) is 0 Å². The molecule has 1 aliphatic heterocycles. The maximum atomic E-state index is 12.8. The van der Waals surface area contributed by atoms with Crippen LogP contribution in [0, 0.1) is 11.8 Å². The Balaban J connectivity index is 1.99. The molecule has 1 heterocycles. The highest BCUT2D eigenvalue weighted by atomic mass is 16.6. The van der Waals surface area contributed by atoms with Crippen LogP contribution < -0.4 is 5.73 Å². The standard InChI is InChI=1S/C17H31N3O3/c1-12-6-5-7-14(12)15(21)20-9-8-19(11-13(20)10-18)16(22)23-17(2,3)4/h12-14H,5-11,18H2,1-4H3. The minimum atomic E-state index is -0.512. The molecule has 2 N–H and O–H groups in total. The number of hydrogen-bond acceptors (Lipinski definition) is 4. The van der Waals surface area contributed by atoms with Gasteiger partial charge in [-0.1, -0.05) is 13.3 Å². The summed E-state index contributed by atoms with van der Waals surface area (Å²) < 4.78 is 5.43. The zero-order chi connectivity index (χ0) is 17.2. The van der Waals surface area contributed by atoms with E-state index in [4.69, 9.17) is 10.5 Å². The van der Waals surface area contributed by atoms with Gasteiger partial charge in [0.1, 0.15) is 5.60 Å². The van der Waals surface area contributed by atoms with Crippen LogP contribution in [0.4, 0.5) is 4.79 Å². The minimum Gasteiger partial charge on any atom is -0.444 e. The van der Waals surface area contributed by atoms with Crippen LogP contribution in [0.3, 0.4) is 0 Å². The van der Waals surface area contributed by atoms with E-state index < -0.39 is 5.60 Å². The van der Waals surface area contributed by atoms with Crippen molar-refractivity contribution in [3.05, 3.63) is 0 Å². The van der Waals surface area contributed by atoms with Gasteiger partial charge in [0.2, 0.25) is 5.91 Å². The van der Waals surface area contributed by atoms with Crippen LogP contribution in [-0.2, 0) is 9.53 Å². The van der Waals surface area contributed by atoms with Crippen molar-refractivity contribution in [1.82, 2.24) is 9.80 Å². The zero-order valence-corrected chi connectivity index (χ0v) is 14.9. The highest BCUT2D eigenvalue weighted by Gasteiger charge is 2.39. The lowest BCUT2D eigenvalue weighted by atomic mass is 9.95. The van der Waals surface area contributed by atoms with E-state index in [9.17, 15) is 9.59 Å². The lowest BCUT2D eigenvalue weighted by molar-refractivity contribution is -0.141. The van der Waals surface area contributed by atoms with Gasteiger partial charge in [-0.15, -0.1) is 0 Å². The van der Waals surface area contributed by atoms with Crippen LogP contribution in [0.5, 0.6) is 0 Å². The van der Waals surface area contributed by atoms with Crippen LogP contribution in [0.2, 0.25) is 0 Å². The average Bonchev–Trinajstić information content (AvgIpc) is 2.90. The Morgan fingerprint density at radius 2 is 1.91 bits per heavy atom. The SMILES string of the molecule is CC1CCCC1C(=O)N1CCN(C(=O)OC(C)(C)C)CC1CN. The van der Waals surface area contributed by atoms with E-state index in [-0.39, 0.29) is 24.0 Å². The summed E-state index contributed by atoms with van der Waals surface area (Å²) in [5.74, 6) is 0.788. The number of nitrogens with two attached hydrogens (primary N) is 1. The second-order valence-electron chi connectivity index (χ2n) is 7.86. The minimum absolute atomic E-state index is 0.114. The van der Waals surface area contributed by atoms with Gasteiger partial charge in [-0.2, -0.15) is 0 Å². The summed E-state index contributed by atoms with van der Waals surface area (Å²) >= 11 is 0. The lowest BCUT2D eigenvalue weighted by Crippen LogP contribution is -2.60. The lowest BCUT2D eigenvalue weighted by Gasteiger charge is -2.42. The van der Waals surface area contributed by atoms with E-state index in [1.807, 2.05) is 25.7 Å². The Morgan fingerprint density at radius 1 is 1.22 bits per heavy atom. The van der Waals surface area contributed by atoms with Crippen LogP contribution in [0.1, 0.15) is 47.0 Å². The van der Waals surface area contributed by atoms with Gasteiger partial charge in [-0.3, -0.25) is 4.79 Å². The predicted molar refractivity (Wildman–Crippen MR) is 88.9 cm³/mol. The molecule has 3 atom stereocenters. The van der Waals surface area contributed by atoms with Crippen LogP contribution in [0.15, 0.2) is 0 Å². The fourth-order valence-electron chi connectivity index (χ4n) is 3.56. The molecule has 2 rings (SSSR count). The largest absolute Gasteiger partial charge is 0.444 e. The van der Waals surface area contributed by atoms with Crippen molar-refractivity contribution in [2.75, 3.05) is 26.2 Å². The van der Waals surface area contributed by atoms with E-state index in [0.717, 1.165) is 19.3 Å². The number of nitrogens with zero attached hydrogens (tertiary/aromatic N) is 2. The second-order valence-corrected chi connectivity index (χ2v) is 7.86. The highest BCUT2D eigenvalue weighted by Crippen LogP contribution is 2.33. The van der Waals surface area contributed by atoms with E-state index in [1.54, 1.807) is 4.90 Å². The number of carbonyl (C=O) groups is 2. The Labute approximate surface area is 139 Å². The van der Waals surface area contributed by atoms with Crippen LogP contribution in [0.25, 0.3) is 0 Å². The molecule has 0 aromatic carbocycles. The van der Waals surface area contributed by atoms with Crippen molar-refractivity contribution >= 4 is 12.0 Å². The molecule has 0 bridgehead atoms. The van der Waals surface area contributed by atoms with Crippen molar-refractivity contribution in [2.24, 2.45) is 17.6 Å². The predicted octanol–water partition coefficient (Wildman–Crippen LogP) is 1.83. The third-order valence-electron chi connectivity index (χ3n) is 4.87. The molecule has 0 radical (unpaired) electrons. The molecule has 1 saturated heterocycles. The van der Waals surface area contributed by atoms with Gasteiger partial charge < -0.3 is 20.3 Å². The van der Waals surface area contributed by atoms with Crippen molar-refractivity contribution in [2.45, 2.75) is 58.6 Å². The number of piperazine rings is 1. The normalized spacial score (nSPS) is 28.8. The Bertz CT molecular complexity index is 447. The number of amides is 2. The third-order valence-corrected chi connectivity index (χ3v) is 4.87. The molecular formula is C17H31N3O3. The summed E-state index contributed by atoms with van der Waals surface area (Å²) in [6, 6.07) is -0.114. The summed E-state index contributed by atoms with van der Waals surface area (Å²) in [7, 11) is 0. The Hall–Kier alpha value is -1.30. The van der Waals surface area contributed by atoms with Crippen molar-refractivity contribution < 1.29 is 14.3 Å². The third kappa shape index (κ3) is 4.37. The number of ether oxygens (including phenoxy) is 1. The molecule has 0 aromatic heterocycles. The summed E-state index contributed by atoms with van der Waals surface area (Å²) in [4.78, 5) is 28.6. The fraction of sp³-hybridized carbons (Fsp3) is 0.882. The zero-order valence-electron chi connectivity index (χ0n) is 14.9. The molecule has 1 aliphatic carbocycles. The monoisotopic (exact) mass is 325 g/mol. The molecule has 2 aliphatic rings. The molecule has 1 saturated carbocycles. The first-order valence-corrected chi connectivity index (χ1v) is 8.71. The van der Waals surface area contributed by atoms with E-state index in [0.29, 0.717) is 32.1 Å². The number of carbonyl (C=O) groups excluding carboxylic acids is 2. The summed E-state index contributed by atoms with van der Waals surface area (Å²) in [5.41, 5.74) is 5.37. The van der Waals surface area contributed by atoms with E-state index >= 15 is 0 Å². The summed E-state index contributed by atoms with van der Waals surface area (Å²) in [6.07, 6.45) is 2.91. The number of rotatable bonds is 2. The van der Waals surface area contributed by atoms with Crippen LogP contribution in [-0.4, -0.2) is 59.6 Å². The molecule has 0 aromatic rings. The molecular weight excluding hydrogens is 294 g/mol. The van der Waals surface area contributed by atoms with Gasteiger partial charge >= 0.3 is 6.09 Å². The van der Waals surface area contributed by atoms with Gasteiger partial charge in [0.15, 0.2) is 0 Å². The topological polar surface area (TPSA) is 75.9 Å². The first-order valence-electron chi connectivity index (χ1n) is 8.71. The van der Waals surface area contributed by atoms with Crippen molar-refractivity contribution in [1.29, 1.82) is 0 Å². The highest BCUT2D eigenvalue weighted by molar-refractivity contribution is 5.80. The van der Waals surface area contributed by atoms with Gasteiger partial charge in [-0.05, 0) is 39.5 Å². The molecule has 23 heavy (non-hydrogen) atoms. The summed E-state index contributed by atoms with van der Waals surface area (Å²) in [5, 5.41) is 0. The van der Waals surface area contributed by atoms with Gasteiger partial charge in [0, 0.05) is 32.1 Å². The quantitative estimate of drug-likeness (QED) is 0.840. The maximum absolute atomic E-state index is 12.8. The van der Waals surface area contributed by atoms with E-state index in [1.165, 1.54) is 0 Å². The first kappa shape index (κ1) is 18.0. The smallest absolute Gasteiger partial charge is 0.410 e. The van der Waals surface area contributed by atoms with Gasteiger partial charge in [0.25, 0.3) is 0 Å². The van der Waals surface area contributed by atoms with Crippen molar-refractivity contribution in [3.8, 4) is 0 Å².